The lowest BCUT2D eigenvalue weighted by molar-refractivity contribution is 0.771. The van der Waals surface area contributed by atoms with Crippen molar-refractivity contribution in [2.45, 2.75) is 5.41 Å². The lowest BCUT2D eigenvalue weighted by Crippen LogP contribution is -2.29. The van der Waals surface area contributed by atoms with Crippen molar-refractivity contribution in [3.8, 4) is 78.1 Å². The zero-order chi connectivity index (χ0) is 53.4. The van der Waals surface area contributed by atoms with E-state index in [1.54, 1.807) is 0 Å². The first-order valence-corrected chi connectivity index (χ1v) is 28.1. The van der Waals surface area contributed by atoms with Crippen molar-refractivity contribution in [1.29, 1.82) is 0 Å². The SMILES string of the molecule is c1ccc(-c2ccccc2C2(c3cccc(-c4ccc(-c5ccc(-c6cccc(-n7c8ccccc8c8cc(-c9ccc%10c(c9)c9ccccc9n%10-c9ccccc9)ccc87)c6)cc5)cc4)c3)c3ccccc3-c3ccccc32)cc1. The van der Waals surface area contributed by atoms with E-state index in [9.17, 15) is 0 Å². The molecule has 0 saturated heterocycles. The average Bonchev–Trinajstić information content (AvgIpc) is 4.34. The van der Waals surface area contributed by atoms with E-state index in [0.717, 1.165) is 5.69 Å². The van der Waals surface area contributed by atoms with Gasteiger partial charge in [0.1, 0.15) is 0 Å². The molecule has 0 saturated carbocycles. The van der Waals surface area contributed by atoms with Gasteiger partial charge in [0, 0.05) is 32.9 Å². The Morgan fingerprint density at radius 2 is 0.556 bits per heavy atom. The second kappa shape index (κ2) is 18.8. The highest BCUT2D eigenvalue weighted by Crippen LogP contribution is 2.58. The Labute approximate surface area is 471 Å². The number of aromatic nitrogens is 2. The smallest absolute Gasteiger partial charge is 0.0719 e. The first-order chi connectivity index (χ1) is 40.2. The number of rotatable bonds is 9. The Balaban J connectivity index is 0.711. The van der Waals surface area contributed by atoms with Crippen LogP contribution in [-0.4, -0.2) is 9.13 Å². The number of benzene rings is 13. The van der Waals surface area contributed by atoms with E-state index < -0.39 is 5.41 Å². The van der Waals surface area contributed by atoms with Crippen LogP contribution in [0.5, 0.6) is 0 Å². The Kier molecular flexibility index (Phi) is 10.8. The molecular formula is C79H52N2. The maximum atomic E-state index is 2.43. The molecule has 2 aromatic heterocycles. The van der Waals surface area contributed by atoms with Crippen LogP contribution in [0.3, 0.4) is 0 Å². The molecule has 0 amide bonds. The highest BCUT2D eigenvalue weighted by Gasteiger charge is 2.47. The molecule has 81 heavy (non-hydrogen) atoms. The fraction of sp³-hybridized carbons (Fsp3) is 0.0127. The predicted octanol–water partition coefficient (Wildman–Crippen LogP) is 20.6. The summed E-state index contributed by atoms with van der Waals surface area (Å²) < 4.78 is 4.80. The summed E-state index contributed by atoms with van der Waals surface area (Å²) in [5, 5.41) is 4.99. The minimum atomic E-state index is -0.532. The molecule has 2 heteroatoms. The quantitative estimate of drug-likeness (QED) is 0.136. The van der Waals surface area contributed by atoms with E-state index >= 15 is 0 Å². The maximum absolute atomic E-state index is 2.43. The third-order valence-corrected chi connectivity index (χ3v) is 17.2. The molecule has 0 spiro atoms. The Morgan fingerprint density at radius 1 is 0.198 bits per heavy atom. The zero-order valence-corrected chi connectivity index (χ0v) is 44.4. The molecule has 2 heterocycles. The van der Waals surface area contributed by atoms with E-state index in [2.05, 4.69) is 325 Å². The third-order valence-electron chi connectivity index (χ3n) is 17.2. The van der Waals surface area contributed by atoms with Crippen LogP contribution in [-0.2, 0) is 5.41 Å². The summed E-state index contributed by atoms with van der Waals surface area (Å²) in [4.78, 5) is 0. The van der Waals surface area contributed by atoms with E-state index in [0.29, 0.717) is 0 Å². The van der Waals surface area contributed by atoms with Crippen molar-refractivity contribution in [3.63, 3.8) is 0 Å². The fourth-order valence-corrected chi connectivity index (χ4v) is 13.6. The second-order valence-corrected chi connectivity index (χ2v) is 21.5. The molecule has 378 valence electrons. The van der Waals surface area contributed by atoms with Gasteiger partial charge in [-0.15, -0.1) is 0 Å². The Hall–Kier alpha value is -10.5. The Morgan fingerprint density at radius 3 is 1.11 bits per heavy atom. The molecule has 2 nitrogen and oxygen atoms in total. The van der Waals surface area contributed by atoms with Gasteiger partial charge in [0.15, 0.2) is 0 Å². The van der Waals surface area contributed by atoms with Gasteiger partial charge < -0.3 is 9.13 Å². The van der Waals surface area contributed by atoms with E-state index in [-0.39, 0.29) is 0 Å². The van der Waals surface area contributed by atoms with Gasteiger partial charge in [-0.2, -0.15) is 0 Å². The summed E-state index contributed by atoms with van der Waals surface area (Å²) >= 11 is 0. The van der Waals surface area contributed by atoms with Gasteiger partial charge in [-0.25, -0.2) is 0 Å². The summed E-state index contributed by atoms with van der Waals surface area (Å²) in [5.74, 6) is 0. The lowest BCUT2D eigenvalue weighted by Gasteiger charge is -2.36. The highest BCUT2D eigenvalue weighted by atomic mass is 15.0. The monoisotopic (exact) mass is 1030 g/mol. The van der Waals surface area contributed by atoms with Crippen LogP contribution in [0.1, 0.15) is 22.3 Å². The normalized spacial score (nSPS) is 12.5. The van der Waals surface area contributed by atoms with E-state index in [4.69, 9.17) is 0 Å². The number of hydrogen-bond donors (Lipinski definition) is 0. The van der Waals surface area contributed by atoms with Crippen LogP contribution in [0.25, 0.3) is 122 Å². The molecule has 1 aliphatic carbocycles. The molecule has 0 aliphatic heterocycles. The molecule has 16 rings (SSSR count). The highest BCUT2D eigenvalue weighted by molar-refractivity contribution is 6.13. The van der Waals surface area contributed by atoms with E-state index in [1.165, 1.54) is 138 Å². The van der Waals surface area contributed by atoms with Gasteiger partial charge >= 0.3 is 0 Å². The topological polar surface area (TPSA) is 9.86 Å². The first kappa shape index (κ1) is 46.5. The molecular weight excluding hydrogens is 977 g/mol. The Bertz CT molecular complexity index is 4860. The van der Waals surface area contributed by atoms with Gasteiger partial charge in [0.2, 0.25) is 0 Å². The number of nitrogens with zero attached hydrogens (tertiary/aromatic N) is 2. The summed E-state index contributed by atoms with van der Waals surface area (Å²) in [6, 6.07) is 117. The minimum absolute atomic E-state index is 0.532. The molecule has 0 radical (unpaired) electrons. The first-order valence-electron chi connectivity index (χ1n) is 28.1. The zero-order valence-electron chi connectivity index (χ0n) is 44.4. The van der Waals surface area contributed by atoms with E-state index in [1.807, 2.05) is 0 Å². The molecule has 0 unspecified atom stereocenters. The predicted molar refractivity (Wildman–Crippen MR) is 340 cm³/mol. The summed E-state index contributed by atoms with van der Waals surface area (Å²) in [5.41, 5.74) is 26.3. The molecule has 13 aromatic carbocycles. The van der Waals surface area contributed by atoms with Crippen molar-refractivity contribution >= 4 is 43.6 Å². The summed E-state index contributed by atoms with van der Waals surface area (Å²) in [6.45, 7) is 0. The van der Waals surface area contributed by atoms with Crippen molar-refractivity contribution in [2.24, 2.45) is 0 Å². The van der Waals surface area contributed by atoms with Crippen molar-refractivity contribution in [1.82, 2.24) is 9.13 Å². The average molecular weight is 1030 g/mol. The molecule has 0 N–H and O–H groups in total. The molecule has 15 aromatic rings. The van der Waals surface area contributed by atoms with Crippen LogP contribution in [0.4, 0.5) is 0 Å². The van der Waals surface area contributed by atoms with Crippen LogP contribution < -0.4 is 0 Å². The van der Waals surface area contributed by atoms with Gasteiger partial charge in [-0.1, -0.05) is 249 Å². The molecule has 1 aliphatic rings. The third kappa shape index (κ3) is 7.42. The van der Waals surface area contributed by atoms with Crippen LogP contribution in [0.2, 0.25) is 0 Å². The van der Waals surface area contributed by atoms with Gasteiger partial charge in [0.05, 0.1) is 27.5 Å². The molecule has 0 fully saturated rings. The van der Waals surface area contributed by atoms with Crippen LogP contribution >= 0.6 is 0 Å². The number of fused-ring (bicyclic) bond motifs is 9. The van der Waals surface area contributed by atoms with Gasteiger partial charge in [0.25, 0.3) is 0 Å². The van der Waals surface area contributed by atoms with Crippen molar-refractivity contribution < 1.29 is 0 Å². The number of para-hydroxylation sites is 3. The molecule has 0 atom stereocenters. The van der Waals surface area contributed by atoms with Crippen LogP contribution in [0, 0.1) is 0 Å². The van der Waals surface area contributed by atoms with Crippen LogP contribution in [0.15, 0.2) is 315 Å². The minimum Gasteiger partial charge on any atom is -0.309 e. The standard InChI is InChI=1S/C79H52N2/c1-3-19-57(20-4-1)65-27-7-12-32-72(65)79(73-33-13-8-28-66(73)67-29-9-14-34-74(67)79)62-23-17-21-58(49-62)55-41-37-53(38-42-55)54-39-43-56(44-40-54)59-22-18-26-64(50-59)81-76-36-16-11-31-69(76)71-52-61(46-48-78(71)81)60-45-47-77-70(51-60)68-30-10-15-35-75(68)80(77)63-24-5-2-6-25-63/h1-52H. The van der Waals surface area contributed by atoms with Gasteiger partial charge in [-0.3, -0.25) is 0 Å². The van der Waals surface area contributed by atoms with Crippen molar-refractivity contribution in [3.05, 3.63) is 338 Å². The summed E-state index contributed by atoms with van der Waals surface area (Å²) in [6.07, 6.45) is 0. The summed E-state index contributed by atoms with van der Waals surface area (Å²) in [7, 11) is 0. The largest absolute Gasteiger partial charge is 0.309 e. The van der Waals surface area contributed by atoms with Gasteiger partial charge in [-0.05, 0) is 156 Å². The number of hydrogen-bond acceptors (Lipinski definition) is 0. The fourth-order valence-electron chi connectivity index (χ4n) is 13.6. The van der Waals surface area contributed by atoms with Crippen molar-refractivity contribution in [2.75, 3.05) is 0 Å². The lowest BCUT2D eigenvalue weighted by atomic mass is 9.65. The maximum Gasteiger partial charge on any atom is 0.0719 e. The second-order valence-electron chi connectivity index (χ2n) is 21.5. The molecule has 0 bridgehead atoms.